The molecule has 2 atom stereocenters. The van der Waals surface area contributed by atoms with Gasteiger partial charge in [-0.3, -0.25) is 0 Å². The molecule has 0 heterocycles. The summed E-state index contributed by atoms with van der Waals surface area (Å²) < 4.78 is 21.3. The maximum Gasteiger partial charge on any atom is 0.223 e. The molecule has 0 bridgehead atoms. The Bertz CT molecular complexity index is 393. The number of rotatable bonds is 3. The summed E-state index contributed by atoms with van der Waals surface area (Å²) in [6, 6.07) is 9.21. The summed E-state index contributed by atoms with van der Waals surface area (Å²) >= 11 is 6.32. The maximum atomic E-state index is 11.0. The fraction of sp³-hybridized carbons (Fsp3) is 0.250. The standard InChI is InChI=1S/C8H9Br2NO2S/c9-7(8(10)14(11,12)13)6-4-2-1-3-5-6/h1-5,7-8H,(H2,11,12,13)/t7-,8-/m0/s1. The molecule has 0 saturated carbocycles. The lowest BCUT2D eigenvalue weighted by Gasteiger charge is -2.14. The summed E-state index contributed by atoms with van der Waals surface area (Å²) in [5, 5.41) is 5.01. The van der Waals surface area contributed by atoms with Crippen molar-refractivity contribution >= 4 is 41.9 Å². The molecule has 14 heavy (non-hydrogen) atoms. The van der Waals surface area contributed by atoms with Crippen LogP contribution >= 0.6 is 31.9 Å². The van der Waals surface area contributed by atoms with Crippen molar-refractivity contribution in [1.82, 2.24) is 0 Å². The Hall–Kier alpha value is 0.0900. The molecule has 0 amide bonds. The van der Waals surface area contributed by atoms with Crippen molar-refractivity contribution in [3.63, 3.8) is 0 Å². The molecule has 1 aromatic carbocycles. The van der Waals surface area contributed by atoms with E-state index in [4.69, 9.17) is 5.14 Å². The van der Waals surface area contributed by atoms with E-state index in [0.717, 1.165) is 5.56 Å². The summed E-state index contributed by atoms with van der Waals surface area (Å²) in [6.45, 7) is 0. The fourth-order valence-corrected chi connectivity index (χ4v) is 2.96. The van der Waals surface area contributed by atoms with Gasteiger partial charge in [0.1, 0.15) is 4.16 Å². The van der Waals surface area contributed by atoms with Crippen molar-refractivity contribution in [1.29, 1.82) is 0 Å². The van der Waals surface area contributed by atoms with E-state index in [2.05, 4.69) is 31.9 Å². The highest BCUT2D eigenvalue weighted by Gasteiger charge is 2.27. The van der Waals surface area contributed by atoms with E-state index in [0.29, 0.717) is 0 Å². The number of halogens is 2. The fourth-order valence-electron chi connectivity index (χ4n) is 0.955. The number of hydrogen-bond donors (Lipinski definition) is 1. The van der Waals surface area contributed by atoms with Crippen molar-refractivity contribution < 1.29 is 8.42 Å². The number of alkyl halides is 2. The summed E-state index contributed by atoms with van der Waals surface area (Å²) in [5.74, 6) is 0. The maximum absolute atomic E-state index is 11.0. The van der Waals surface area contributed by atoms with Crippen LogP contribution in [0.4, 0.5) is 0 Å². The Morgan fingerprint density at radius 3 is 2.07 bits per heavy atom. The van der Waals surface area contributed by atoms with E-state index in [1.54, 1.807) is 0 Å². The van der Waals surface area contributed by atoms with Crippen LogP contribution in [0.25, 0.3) is 0 Å². The SMILES string of the molecule is NS(=O)(=O)[C@H](Br)[C@@H](Br)c1ccccc1. The van der Waals surface area contributed by atoms with Crippen LogP contribution in [0.3, 0.4) is 0 Å². The Morgan fingerprint density at radius 2 is 1.64 bits per heavy atom. The lowest BCUT2D eigenvalue weighted by atomic mass is 10.2. The van der Waals surface area contributed by atoms with E-state index >= 15 is 0 Å². The molecule has 0 aromatic heterocycles. The van der Waals surface area contributed by atoms with Crippen molar-refractivity contribution in [2.75, 3.05) is 0 Å². The number of hydrogen-bond acceptors (Lipinski definition) is 2. The minimum absolute atomic E-state index is 0.348. The Kier molecular flexibility index (Phi) is 4.12. The predicted octanol–water partition coefficient (Wildman–Crippen LogP) is 2.13. The first-order valence-corrected chi connectivity index (χ1v) is 7.21. The van der Waals surface area contributed by atoms with Crippen LogP contribution in [0.2, 0.25) is 0 Å². The Labute approximate surface area is 100.0 Å². The second-order valence-corrected chi connectivity index (χ2v) is 7.02. The van der Waals surface area contributed by atoms with Gasteiger partial charge in [-0.1, -0.05) is 62.2 Å². The topological polar surface area (TPSA) is 60.2 Å². The zero-order valence-electron chi connectivity index (χ0n) is 7.10. The quantitative estimate of drug-likeness (QED) is 0.855. The predicted molar refractivity (Wildman–Crippen MR) is 63.9 cm³/mol. The molecule has 3 nitrogen and oxygen atoms in total. The third kappa shape index (κ3) is 3.05. The van der Waals surface area contributed by atoms with Crippen LogP contribution < -0.4 is 5.14 Å². The van der Waals surface area contributed by atoms with E-state index < -0.39 is 14.2 Å². The zero-order valence-corrected chi connectivity index (χ0v) is 11.1. The van der Waals surface area contributed by atoms with Crippen LogP contribution in [0.15, 0.2) is 30.3 Å². The van der Waals surface area contributed by atoms with Crippen LogP contribution in [-0.4, -0.2) is 12.6 Å². The highest BCUT2D eigenvalue weighted by molar-refractivity contribution is 9.13. The molecule has 0 aliphatic rings. The van der Waals surface area contributed by atoms with Crippen LogP contribution in [0.1, 0.15) is 10.4 Å². The van der Waals surface area contributed by atoms with Crippen LogP contribution in [0, 0.1) is 0 Å². The molecule has 1 rings (SSSR count). The van der Waals surface area contributed by atoms with Gasteiger partial charge in [-0.05, 0) is 5.56 Å². The monoisotopic (exact) mass is 341 g/mol. The number of nitrogens with two attached hydrogens (primary N) is 1. The molecule has 0 spiro atoms. The summed E-state index contributed by atoms with van der Waals surface area (Å²) in [6.07, 6.45) is 0. The van der Waals surface area contributed by atoms with Gasteiger partial charge in [-0.15, -0.1) is 0 Å². The summed E-state index contributed by atoms with van der Waals surface area (Å²) in [4.78, 5) is -0.348. The van der Waals surface area contributed by atoms with Gasteiger partial charge in [0.05, 0.1) is 4.83 Å². The molecule has 0 aliphatic heterocycles. The van der Waals surface area contributed by atoms with Gasteiger partial charge in [-0.25, -0.2) is 13.6 Å². The second kappa shape index (κ2) is 4.74. The van der Waals surface area contributed by atoms with Crippen molar-refractivity contribution in [3.05, 3.63) is 35.9 Å². The van der Waals surface area contributed by atoms with Gasteiger partial charge in [0.15, 0.2) is 0 Å². The first kappa shape index (κ1) is 12.2. The molecule has 0 radical (unpaired) electrons. The lowest BCUT2D eigenvalue weighted by Crippen LogP contribution is -2.26. The van der Waals surface area contributed by atoms with Gasteiger partial charge >= 0.3 is 0 Å². The lowest BCUT2D eigenvalue weighted by molar-refractivity contribution is 0.594. The molecule has 6 heteroatoms. The third-order valence-corrected chi connectivity index (χ3v) is 6.77. The minimum atomic E-state index is -3.58. The number of benzene rings is 1. The summed E-state index contributed by atoms with van der Waals surface area (Å²) in [5.41, 5.74) is 0.864. The minimum Gasteiger partial charge on any atom is -0.228 e. The van der Waals surface area contributed by atoms with Crippen molar-refractivity contribution in [2.24, 2.45) is 5.14 Å². The highest BCUT2D eigenvalue weighted by Crippen LogP contribution is 2.32. The zero-order chi connectivity index (χ0) is 10.8. The van der Waals surface area contributed by atoms with Gasteiger partial charge < -0.3 is 0 Å². The van der Waals surface area contributed by atoms with Gasteiger partial charge in [0, 0.05) is 0 Å². The molecule has 0 fully saturated rings. The molecular formula is C8H9Br2NO2S. The van der Waals surface area contributed by atoms with Crippen LogP contribution in [0.5, 0.6) is 0 Å². The van der Waals surface area contributed by atoms with Crippen molar-refractivity contribution in [2.45, 2.75) is 8.99 Å². The first-order chi connectivity index (χ1) is 6.43. The van der Waals surface area contributed by atoms with E-state index in [1.165, 1.54) is 0 Å². The Morgan fingerprint density at radius 1 is 1.14 bits per heavy atom. The second-order valence-electron chi connectivity index (χ2n) is 2.75. The molecule has 1 aromatic rings. The average molecular weight is 343 g/mol. The first-order valence-electron chi connectivity index (χ1n) is 3.77. The molecule has 0 unspecified atom stereocenters. The molecule has 0 aliphatic carbocycles. The number of primary sulfonamides is 1. The van der Waals surface area contributed by atoms with Crippen LogP contribution in [-0.2, 0) is 10.0 Å². The van der Waals surface area contributed by atoms with Gasteiger partial charge in [0.25, 0.3) is 0 Å². The molecule has 78 valence electrons. The van der Waals surface area contributed by atoms with E-state index in [-0.39, 0.29) is 4.83 Å². The molecule has 0 saturated heterocycles. The number of sulfonamides is 1. The summed E-state index contributed by atoms with van der Waals surface area (Å²) in [7, 11) is -3.58. The molecular weight excluding hydrogens is 334 g/mol. The molecule has 2 N–H and O–H groups in total. The Balaban J connectivity index is 2.92. The third-order valence-electron chi connectivity index (χ3n) is 1.66. The average Bonchev–Trinajstić information content (AvgIpc) is 2.15. The van der Waals surface area contributed by atoms with E-state index in [9.17, 15) is 8.42 Å². The van der Waals surface area contributed by atoms with Crippen molar-refractivity contribution in [3.8, 4) is 0 Å². The van der Waals surface area contributed by atoms with Gasteiger partial charge in [-0.2, -0.15) is 0 Å². The smallest absolute Gasteiger partial charge is 0.223 e. The van der Waals surface area contributed by atoms with E-state index in [1.807, 2.05) is 30.3 Å². The largest absolute Gasteiger partial charge is 0.228 e. The highest BCUT2D eigenvalue weighted by atomic mass is 79.9. The van der Waals surface area contributed by atoms with Gasteiger partial charge in [0.2, 0.25) is 10.0 Å². The normalized spacial score (nSPS) is 16.2.